The second-order valence-corrected chi connectivity index (χ2v) is 5.78. The van der Waals surface area contributed by atoms with E-state index < -0.39 is 0 Å². The molecule has 0 aliphatic carbocycles. The summed E-state index contributed by atoms with van der Waals surface area (Å²) in [7, 11) is 4.10. The fourth-order valence-corrected chi connectivity index (χ4v) is 2.40. The Labute approximate surface area is 123 Å². The van der Waals surface area contributed by atoms with Gasteiger partial charge in [-0.1, -0.05) is 34.1 Å². The molecule has 3 heteroatoms. The first kappa shape index (κ1) is 13.9. The fourth-order valence-electron chi connectivity index (χ4n) is 1.98. The number of benzene rings is 2. The lowest BCUT2D eigenvalue weighted by atomic mass is 10.1. The fraction of sp³-hybridized carbons (Fsp3) is 0.250. The van der Waals surface area contributed by atoms with Gasteiger partial charge in [-0.25, -0.2) is 0 Å². The molecule has 1 unspecified atom stereocenters. The van der Waals surface area contributed by atoms with Crippen LogP contribution < -0.4 is 10.2 Å². The van der Waals surface area contributed by atoms with Crippen molar-refractivity contribution in [2.75, 3.05) is 24.3 Å². The van der Waals surface area contributed by atoms with Crippen LogP contribution in [0.1, 0.15) is 18.5 Å². The predicted octanol–water partition coefficient (Wildman–Crippen LogP) is 4.69. The second-order valence-electron chi connectivity index (χ2n) is 4.87. The summed E-state index contributed by atoms with van der Waals surface area (Å²) >= 11 is 3.51. The standard InChI is InChI=1S/C16H19BrN2/c1-12(13-6-4-7-14(17)10-13)18-15-8-5-9-16(11-15)19(2)3/h4-12,18H,1-3H3. The Bertz CT molecular complexity index is 552. The molecule has 2 aromatic rings. The van der Waals surface area contributed by atoms with Crippen LogP contribution in [0, 0.1) is 0 Å². The van der Waals surface area contributed by atoms with Gasteiger partial charge in [0.25, 0.3) is 0 Å². The Morgan fingerprint density at radius 3 is 2.47 bits per heavy atom. The van der Waals surface area contributed by atoms with Crippen molar-refractivity contribution in [3.05, 3.63) is 58.6 Å². The molecule has 0 bridgehead atoms. The largest absolute Gasteiger partial charge is 0.378 e. The lowest BCUT2D eigenvalue weighted by Gasteiger charge is -2.18. The first-order valence-corrected chi connectivity index (χ1v) is 7.15. The van der Waals surface area contributed by atoms with Gasteiger partial charge in [-0.05, 0) is 42.8 Å². The summed E-state index contributed by atoms with van der Waals surface area (Å²) in [5.74, 6) is 0. The molecule has 0 saturated carbocycles. The molecule has 0 amide bonds. The third-order valence-electron chi connectivity index (χ3n) is 3.09. The predicted molar refractivity (Wildman–Crippen MR) is 86.9 cm³/mol. The number of halogens is 1. The van der Waals surface area contributed by atoms with E-state index in [0.717, 1.165) is 10.2 Å². The van der Waals surface area contributed by atoms with Crippen molar-refractivity contribution in [2.24, 2.45) is 0 Å². The van der Waals surface area contributed by atoms with E-state index in [9.17, 15) is 0 Å². The van der Waals surface area contributed by atoms with Crippen LogP contribution in [0.25, 0.3) is 0 Å². The Morgan fingerprint density at radius 1 is 1.05 bits per heavy atom. The topological polar surface area (TPSA) is 15.3 Å². The summed E-state index contributed by atoms with van der Waals surface area (Å²) in [6.07, 6.45) is 0. The summed E-state index contributed by atoms with van der Waals surface area (Å²) in [4.78, 5) is 2.11. The number of nitrogens with zero attached hydrogens (tertiary/aromatic N) is 1. The zero-order valence-corrected chi connectivity index (χ0v) is 13.1. The second kappa shape index (κ2) is 6.11. The highest BCUT2D eigenvalue weighted by Crippen LogP contribution is 2.24. The van der Waals surface area contributed by atoms with E-state index in [0.29, 0.717) is 0 Å². The minimum atomic E-state index is 0.273. The molecule has 0 heterocycles. The molecule has 2 aromatic carbocycles. The van der Waals surface area contributed by atoms with Crippen LogP contribution in [0.2, 0.25) is 0 Å². The first-order chi connectivity index (χ1) is 9.06. The van der Waals surface area contributed by atoms with Crippen LogP contribution >= 0.6 is 15.9 Å². The van der Waals surface area contributed by atoms with Gasteiger partial charge in [0, 0.05) is 36.0 Å². The highest BCUT2D eigenvalue weighted by molar-refractivity contribution is 9.10. The SMILES string of the molecule is CC(Nc1cccc(N(C)C)c1)c1cccc(Br)c1. The average Bonchev–Trinajstić information content (AvgIpc) is 2.39. The maximum Gasteiger partial charge on any atom is 0.0486 e. The van der Waals surface area contributed by atoms with E-state index in [2.05, 4.69) is 89.6 Å². The van der Waals surface area contributed by atoms with Crippen molar-refractivity contribution in [2.45, 2.75) is 13.0 Å². The number of rotatable bonds is 4. The third-order valence-corrected chi connectivity index (χ3v) is 3.59. The lowest BCUT2D eigenvalue weighted by Crippen LogP contribution is -2.10. The molecule has 1 atom stereocenters. The van der Waals surface area contributed by atoms with Crippen LogP contribution in [0.3, 0.4) is 0 Å². The van der Waals surface area contributed by atoms with Gasteiger partial charge in [-0.15, -0.1) is 0 Å². The summed E-state index contributed by atoms with van der Waals surface area (Å²) in [6, 6.07) is 17.1. The van der Waals surface area contributed by atoms with Gasteiger partial charge >= 0.3 is 0 Å². The molecule has 0 aliphatic heterocycles. The first-order valence-electron chi connectivity index (χ1n) is 6.35. The zero-order chi connectivity index (χ0) is 13.8. The van der Waals surface area contributed by atoms with Crippen LogP contribution in [0.15, 0.2) is 53.0 Å². The maximum atomic E-state index is 3.53. The molecule has 0 saturated heterocycles. The molecule has 2 rings (SSSR count). The van der Waals surface area contributed by atoms with Crippen LogP contribution in [0.4, 0.5) is 11.4 Å². The molecule has 0 radical (unpaired) electrons. The van der Waals surface area contributed by atoms with Gasteiger partial charge in [0.15, 0.2) is 0 Å². The Morgan fingerprint density at radius 2 is 1.79 bits per heavy atom. The highest BCUT2D eigenvalue weighted by Gasteiger charge is 2.06. The molecule has 2 nitrogen and oxygen atoms in total. The van der Waals surface area contributed by atoms with Crippen molar-refractivity contribution >= 4 is 27.3 Å². The minimum Gasteiger partial charge on any atom is -0.378 e. The van der Waals surface area contributed by atoms with E-state index >= 15 is 0 Å². The maximum absolute atomic E-state index is 3.53. The van der Waals surface area contributed by atoms with Crippen LogP contribution in [-0.4, -0.2) is 14.1 Å². The van der Waals surface area contributed by atoms with E-state index in [4.69, 9.17) is 0 Å². The molecular formula is C16H19BrN2. The van der Waals surface area contributed by atoms with Crippen LogP contribution in [-0.2, 0) is 0 Å². The number of hydrogen-bond acceptors (Lipinski definition) is 2. The van der Waals surface area contributed by atoms with Crippen molar-refractivity contribution in [3.63, 3.8) is 0 Å². The van der Waals surface area contributed by atoms with Gasteiger partial charge in [0.1, 0.15) is 0 Å². The summed E-state index contributed by atoms with van der Waals surface area (Å²) < 4.78 is 1.11. The monoisotopic (exact) mass is 318 g/mol. The summed E-state index contributed by atoms with van der Waals surface area (Å²) in [5.41, 5.74) is 3.61. The Balaban J connectivity index is 2.14. The van der Waals surface area contributed by atoms with Gasteiger partial charge < -0.3 is 10.2 Å². The lowest BCUT2D eigenvalue weighted by molar-refractivity contribution is 0.883. The van der Waals surface area contributed by atoms with Crippen molar-refractivity contribution < 1.29 is 0 Å². The molecule has 1 N–H and O–H groups in total. The number of anilines is 2. The molecule has 100 valence electrons. The molecule has 0 aliphatic rings. The molecule has 0 aromatic heterocycles. The van der Waals surface area contributed by atoms with Crippen molar-refractivity contribution in [3.8, 4) is 0 Å². The Kier molecular flexibility index (Phi) is 4.48. The van der Waals surface area contributed by atoms with E-state index in [-0.39, 0.29) is 6.04 Å². The van der Waals surface area contributed by atoms with Crippen molar-refractivity contribution in [1.82, 2.24) is 0 Å². The van der Waals surface area contributed by atoms with Gasteiger partial charge in [-0.2, -0.15) is 0 Å². The van der Waals surface area contributed by atoms with E-state index in [1.807, 2.05) is 6.07 Å². The van der Waals surface area contributed by atoms with Gasteiger partial charge in [-0.3, -0.25) is 0 Å². The van der Waals surface area contributed by atoms with E-state index in [1.54, 1.807) is 0 Å². The molecule has 19 heavy (non-hydrogen) atoms. The Hall–Kier alpha value is -1.48. The highest BCUT2D eigenvalue weighted by atomic mass is 79.9. The summed E-state index contributed by atoms with van der Waals surface area (Å²) in [5, 5.41) is 3.53. The average molecular weight is 319 g/mol. The zero-order valence-electron chi connectivity index (χ0n) is 11.5. The van der Waals surface area contributed by atoms with Gasteiger partial charge in [0.2, 0.25) is 0 Å². The van der Waals surface area contributed by atoms with Crippen LogP contribution in [0.5, 0.6) is 0 Å². The minimum absolute atomic E-state index is 0.273. The molecular weight excluding hydrogens is 300 g/mol. The smallest absolute Gasteiger partial charge is 0.0486 e. The van der Waals surface area contributed by atoms with Crippen molar-refractivity contribution in [1.29, 1.82) is 0 Å². The third kappa shape index (κ3) is 3.74. The number of nitrogens with one attached hydrogen (secondary N) is 1. The molecule has 0 fully saturated rings. The van der Waals surface area contributed by atoms with Gasteiger partial charge in [0.05, 0.1) is 0 Å². The quantitative estimate of drug-likeness (QED) is 0.879. The normalized spacial score (nSPS) is 12.0. The molecule has 0 spiro atoms. The summed E-state index contributed by atoms with van der Waals surface area (Å²) in [6.45, 7) is 2.17. The number of hydrogen-bond donors (Lipinski definition) is 1. The van der Waals surface area contributed by atoms with E-state index in [1.165, 1.54) is 11.3 Å².